The van der Waals surface area contributed by atoms with E-state index in [0.29, 0.717) is 13.1 Å². The average molecular weight is 336 g/mol. The number of nitrogens with one attached hydrogen (secondary N) is 1. The maximum atomic E-state index is 12.9. The molecule has 1 unspecified atom stereocenters. The largest absolute Gasteiger partial charge is 0.351 e. The lowest BCUT2D eigenvalue weighted by molar-refractivity contribution is -0.129. The van der Waals surface area contributed by atoms with E-state index in [4.69, 9.17) is 5.73 Å². The van der Waals surface area contributed by atoms with Crippen molar-refractivity contribution in [3.63, 3.8) is 0 Å². The van der Waals surface area contributed by atoms with E-state index in [-0.39, 0.29) is 17.4 Å². The van der Waals surface area contributed by atoms with Crippen LogP contribution in [0, 0.1) is 5.92 Å². The number of likely N-dealkylation sites (tertiary alicyclic amines) is 2. The molecule has 3 aliphatic rings. The summed E-state index contributed by atoms with van der Waals surface area (Å²) in [7, 11) is 0. The molecule has 3 rings (SSSR count). The Bertz CT molecular complexity index is 456. The monoisotopic (exact) mass is 336 g/mol. The number of nitrogens with zero attached hydrogens (tertiary/aromatic N) is 2. The van der Waals surface area contributed by atoms with E-state index in [1.54, 1.807) is 4.90 Å². The number of hydrogen-bond acceptors (Lipinski definition) is 3. The molecule has 0 radical (unpaired) electrons. The summed E-state index contributed by atoms with van der Waals surface area (Å²) in [5, 5.41) is 3.43. The van der Waals surface area contributed by atoms with E-state index in [1.165, 1.54) is 32.1 Å². The predicted molar refractivity (Wildman–Crippen MR) is 93.5 cm³/mol. The molecule has 1 atom stereocenters. The fourth-order valence-corrected chi connectivity index (χ4v) is 4.67. The van der Waals surface area contributed by atoms with Crippen molar-refractivity contribution in [1.29, 1.82) is 0 Å². The molecule has 6 nitrogen and oxygen atoms in total. The highest BCUT2D eigenvalue weighted by atomic mass is 16.2. The Morgan fingerprint density at radius 3 is 2.38 bits per heavy atom. The van der Waals surface area contributed by atoms with E-state index >= 15 is 0 Å². The SMILES string of the molecule is NC(=O)N1CCCC(C(=O)NC2(CN3CCCC3)CCCCC2)C1. The fourth-order valence-electron chi connectivity index (χ4n) is 4.67. The predicted octanol–water partition coefficient (Wildman–Crippen LogP) is 1.69. The van der Waals surface area contributed by atoms with Crippen LogP contribution in [0.15, 0.2) is 0 Å². The molecule has 2 saturated heterocycles. The van der Waals surface area contributed by atoms with Crippen LogP contribution in [0.1, 0.15) is 57.8 Å². The van der Waals surface area contributed by atoms with Gasteiger partial charge in [0.05, 0.1) is 11.5 Å². The summed E-state index contributed by atoms with van der Waals surface area (Å²) in [6.45, 7) is 4.47. The summed E-state index contributed by atoms with van der Waals surface area (Å²) in [6.07, 6.45) is 10.1. The zero-order chi connectivity index (χ0) is 17.0. The van der Waals surface area contributed by atoms with Crippen molar-refractivity contribution in [3.05, 3.63) is 0 Å². The molecule has 2 heterocycles. The van der Waals surface area contributed by atoms with Gasteiger partial charge in [-0.1, -0.05) is 19.3 Å². The Morgan fingerprint density at radius 2 is 1.71 bits per heavy atom. The second-order valence-corrected chi connectivity index (χ2v) is 7.94. The zero-order valence-corrected chi connectivity index (χ0v) is 14.8. The summed E-state index contributed by atoms with van der Waals surface area (Å²) in [4.78, 5) is 28.4. The second kappa shape index (κ2) is 7.72. The van der Waals surface area contributed by atoms with Crippen LogP contribution in [-0.2, 0) is 4.79 Å². The minimum Gasteiger partial charge on any atom is -0.351 e. The molecule has 3 N–H and O–H groups in total. The Hall–Kier alpha value is -1.30. The van der Waals surface area contributed by atoms with Crippen LogP contribution >= 0.6 is 0 Å². The molecule has 1 aliphatic carbocycles. The minimum absolute atomic E-state index is 0.0608. The summed E-state index contributed by atoms with van der Waals surface area (Å²) < 4.78 is 0. The highest BCUT2D eigenvalue weighted by molar-refractivity contribution is 5.81. The number of hydrogen-bond donors (Lipinski definition) is 2. The van der Waals surface area contributed by atoms with Crippen molar-refractivity contribution in [2.75, 3.05) is 32.7 Å². The number of carbonyl (C=O) groups is 2. The van der Waals surface area contributed by atoms with Crippen molar-refractivity contribution in [3.8, 4) is 0 Å². The smallest absolute Gasteiger partial charge is 0.314 e. The van der Waals surface area contributed by atoms with Gasteiger partial charge in [-0.25, -0.2) is 4.79 Å². The number of nitrogens with two attached hydrogens (primary N) is 1. The normalized spacial score (nSPS) is 27.8. The Labute approximate surface area is 145 Å². The van der Waals surface area contributed by atoms with E-state index in [9.17, 15) is 9.59 Å². The molecule has 136 valence electrons. The van der Waals surface area contributed by atoms with Gasteiger partial charge in [0.1, 0.15) is 0 Å². The lowest BCUT2D eigenvalue weighted by Crippen LogP contribution is -2.59. The highest BCUT2D eigenvalue weighted by Crippen LogP contribution is 2.31. The average Bonchev–Trinajstić information content (AvgIpc) is 3.08. The van der Waals surface area contributed by atoms with E-state index < -0.39 is 6.03 Å². The first-order valence-electron chi connectivity index (χ1n) is 9.67. The van der Waals surface area contributed by atoms with Crippen molar-refractivity contribution >= 4 is 11.9 Å². The van der Waals surface area contributed by atoms with Gasteiger partial charge in [-0.05, 0) is 51.6 Å². The van der Waals surface area contributed by atoms with Gasteiger partial charge in [0.2, 0.25) is 5.91 Å². The Kier molecular flexibility index (Phi) is 5.64. The van der Waals surface area contributed by atoms with Gasteiger partial charge in [-0.3, -0.25) is 4.79 Å². The summed E-state index contributed by atoms with van der Waals surface area (Å²) >= 11 is 0. The van der Waals surface area contributed by atoms with Gasteiger partial charge in [0.15, 0.2) is 0 Å². The molecule has 0 bridgehead atoms. The molecule has 24 heavy (non-hydrogen) atoms. The van der Waals surface area contributed by atoms with Crippen molar-refractivity contribution in [2.24, 2.45) is 11.7 Å². The van der Waals surface area contributed by atoms with Crippen LogP contribution in [0.5, 0.6) is 0 Å². The number of carbonyl (C=O) groups excluding carboxylic acids is 2. The van der Waals surface area contributed by atoms with E-state index in [1.807, 2.05) is 0 Å². The van der Waals surface area contributed by atoms with Crippen LogP contribution in [-0.4, -0.2) is 60.0 Å². The maximum absolute atomic E-state index is 12.9. The molecule has 6 heteroatoms. The third-order valence-electron chi connectivity index (χ3n) is 6.03. The van der Waals surface area contributed by atoms with Crippen molar-refractivity contribution < 1.29 is 9.59 Å². The van der Waals surface area contributed by atoms with Crippen LogP contribution in [0.2, 0.25) is 0 Å². The van der Waals surface area contributed by atoms with Crippen LogP contribution in [0.3, 0.4) is 0 Å². The van der Waals surface area contributed by atoms with Crippen molar-refractivity contribution in [1.82, 2.24) is 15.1 Å². The number of amides is 3. The molecule has 1 saturated carbocycles. The van der Waals surface area contributed by atoms with Gasteiger partial charge in [0.25, 0.3) is 0 Å². The quantitative estimate of drug-likeness (QED) is 0.820. The van der Waals surface area contributed by atoms with Crippen LogP contribution in [0.25, 0.3) is 0 Å². The lowest BCUT2D eigenvalue weighted by atomic mass is 9.80. The topological polar surface area (TPSA) is 78.7 Å². The third-order valence-corrected chi connectivity index (χ3v) is 6.03. The second-order valence-electron chi connectivity index (χ2n) is 7.94. The number of rotatable bonds is 4. The van der Waals surface area contributed by atoms with Gasteiger partial charge in [0, 0.05) is 19.6 Å². The fraction of sp³-hybridized carbons (Fsp3) is 0.889. The molecule has 3 amide bonds. The molecular weight excluding hydrogens is 304 g/mol. The number of urea groups is 1. The molecular formula is C18H32N4O2. The molecule has 3 fully saturated rings. The number of piperidine rings is 1. The molecule has 0 aromatic rings. The first kappa shape index (κ1) is 17.5. The summed E-state index contributed by atoms with van der Waals surface area (Å²) in [5.41, 5.74) is 5.34. The Balaban J connectivity index is 1.62. The maximum Gasteiger partial charge on any atom is 0.314 e. The third kappa shape index (κ3) is 4.21. The summed E-state index contributed by atoms with van der Waals surface area (Å²) in [5.74, 6) is 0.0191. The molecule has 0 spiro atoms. The van der Waals surface area contributed by atoms with Gasteiger partial charge >= 0.3 is 6.03 Å². The molecule has 0 aromatic carbocycles. The summed E-state index contributed by atoms with van der Waals surface area (Å²) in [6, 6.07) is -0.406. The molecule has 2 aliphatic heterocycles. The van der Waals surface area contributed by atoms with E-state index in [0.717, 1.165) is 45.3 Å². The van der Waals surface area contributed by atoms with Crippen LogP contribution in [0.4, 0.5) is 4.79 Å². The van der Waals surface area contributed by atoms with Crippen LogP contribution < -0.4 is 11.1 Å². The van der Waals surface area contributed by atoms with Gasteiger partial charge < -0.3 is 20.9 Å². The minimum atomic E-state index is -0.406. The standard InChI is InChI=1S/C18H32N4O2/c19-17(24)22-12-6-7-15(13-22)16(23)20-18(8-2-1-3-9-18)14-21-10-4-5-11-21/h15H,1-14H2,(H2,19,24)(H,20,23). The van der Waals surface area contributed by atoms with Gasteiger partial charge in [-0.2, -0.15) is 0 Å². The number of primary amides is 1. The first-order valence-corrected chi connectivity index (χ1v) is 9.67. The highest BCUT2D eigenvalue weighted by Gasteiger charge is 2.38. The first-order chi connectivity index (χ1) is 11.6. The molecule has 0 aromatic heterocycles. The zero-order valence-electron chi connectivity index (χ0n) is 14.8. The van der Waals surface area contributed by atoms with Crippen molar-refractivity contribution in [2.45, 2.75) is 63.3 Å². The lowest BCUT2D eigenvalue weighted by Gasteiger charge is -2.42. The van der Waals surface area contributed by atoms with E-state index in [2.05, 4.69) is 10.2 Å². The van der Waals surface area contributed by atoms with Gasteiger partial charge in [-0.15, -0.1) is 0 Å². The Morgan fingerprint density at radius 1 is 1.00 bits per heavy atom.